The highest BCUT2D eigenvalue weighted by Crippen LogP contribution is 2.20. The van der Waals surface area contributed by atoms with E-state index in [1.165, 1.54) is 6.26 Å². The van der Waals surface area contributed by atoms with Crippen LogP contribution in [0, 0.1) is 0 Å². The van der Waals surface area contributed by atoms with E-state index in [0.717, 1.165) is 11.1 Å². The molecule has 0 atom stereocenters. The van der Waals surface area contributed by atoms with Crippen molar-refractivity contribution in [3.63, 3.8) is 0 Å². The van der Waals surface area contributed by atoms with E-state index in [4.69, 9.17) is 8.94 Å². The summed E-state index contributed by atoms with van der Waals surface area (Å²) < 4.78 is 12.2. The zero-order chi connectivity index (χ0) is 17.8. The second kappa shape index (κ2) is 7.10. The van der Waals surface area contributed by atoms with Gasteiger partial charge in [-0.05, 0) is 29.3 Å². The lowest BCUT2D eigenvalue weighted by Crippen LogP contribution is -2.24. The average molecular weight is 348 g/mol. The van der Waals surface area contributed by atoms with Gasteiger partial charge in [0.1, 0.15) is 0 Å². The second-order valence-corrected chi connectivity index (χ2v) is 5.71. The summed E-state index contributed by atoms with van der Waals surface area (Å²) in [4.78, 5) is 12.3. The van der Waals surface area contributed by atoms with Crippen LogP contribution in [0.3, 0.4) is 0 Å². The molecule has 26 heavy (non-hydrogen) atoms. The summed E-state index contributed by atoms with van der Waals surface area (Å²) >= 11 is 0. The van der Waals surface area contributed by atoms with Crippen LogP contribution in [-0.2, 0) is 13.1 Å². The molecule has 130 valence electrons. The summed E-state index contributed by atoms with van der Waals surface area (Å²) in [6, 6.07) is 14.8. The van der Waals surface area contributed by atoms with Crippen molar-refractivity contribution in [2.75, 3.05) is 0 Å². The number of rotatable bonds is 6. The largest absolute Gasteiger partial charge is 0.461 e. The van der Waals surface area contributed by atoms with Crippen LogP contribution in [0.25, 0.3) is 11.5 Å². The molecule has 0 saturated heterocycles. The van der Waals surface area contributed by atoms with E-state index in [1.807, 2.05) is 41.2 Å². The van der Waals surface area contributed by atoms with Gasteiger partial charge < -0.3 is 14.3 Å². The highest BCUT2D eigenvalue weighted by atomic mass is 16.5. The molecule has 7 nitrogen and oxygen atoms in total. The van der Waals surface area contributed by atoms with Gasteiger partial charge in [0.25, 0.3) is 5.91 Å². The van der Waals surface area contributed by atoms with Gasteiger partial charge in [-0.25, -0.2) is 0 Å². The summed E-state index contributed by atoms with van der Waals surface area (Å²) in [5.41, 5.74) is 2.32. The number of carbonyl (C=O) groups is 1. The average Bonchev–Trinajstić information content (AvgIpc) is 3.41. The minimum Gasteiger partial charge on any atom is -0.461 e. The first-order chi connectivity index (χ1) is 12.8. The van der Waals surface area contributed by atoms with Gasteiger partial charge in [0, 0.05) is 25.0 Å². The topological polar surface area (TPSA) is 86.1 Å². The molecule has 4 aromatic rings. The van der Waals surface area contributed by atoms with Crippen LogP contribution >= 0.6 is 0 Å². The Balaban J connectivity index is 1.43. The molecule has 4 rings (SSSR count). The minimum absolute atomic E-state index is 0.209. The van der Waals surface area contributed by atoms with Crippen molar-refractivity contribution in [1.82, 2.24) is 20.3 Å². The van der Waals surface area contributed by atoms with Gasteiger partial charge in [0.15, 0.2) is 11.5 Å². The van der Waals surface area contributed by atoms with Crippen LogP contribution in [0.2, 0.25) is 0 Å². The third-order valence-electron chi connectivity index (χ3n) is 3.96. The number of furan rings is 1. The molecule has 0 spiro atoms. The number of aromatic nitrogens is 3. The van der Waals surface area contributed by atoms with E-state index in [9.17, 15) is 4.79 Å². The fraction of sp³-hybridized carbons (Fsp3) is 0.105. The van der Waals surface area contributed by atoms with Crippen LogP contribution in [0.1, 0.15) is 21.6 Å². The maximum atomic E-state index is 12.3. The minimum atomic E-state index is -0.305. The molecule has 0 unspecified atom stereocenters. The Morgan fingerprint density at radius 3 is 2.73 bits per heavy atom. The van der Waals surface area contributed by atoms with E-state index in [-0.39, 0.29) is 11.6 Å². The highest BCUT2D eigenvalue weighted by Gasteiger charge is 2.15. The SMILES string of the molecule is O=C(NCc1ccccc1Cn1cccn1)c1cc(-c2ccco2)on1. The molecule has 0 aliphatic rings. The molecule has 0 bridgehead atoms. The predicted octanol–water partition coefficient (Wildman–Crippen LogP) is 3.11. The summed E-state index contributed by atoms with van der Waals surface area (Å²) in [5, 5.41) is 10.9. The first-order valence-electron chi connectivity index (χ1n) is 8.12. The van der Waals surface area contributed by atoms with E-state index >= 15 is 0 Å². The predicted molar refractivity (Wildman–Crippen MR) is 93.1 cm³/mol. The van der Waals surface area contributed by atoms with Crippen molar-refractivity contribution >= 4 is 5.91 Å². The summed E-state index contributed by atoms with van der Waals surface area (Å²) in [6.07, 6.45) is 5.18. The third-order valence-corrected chi connectivity index (χ3v) is 3.96. The van der Waals surface area contributed by atoms with Crippen molar-refractivity contribution < 1.29 is 13.7 Å². The maximum absolute atomic E-state index is 12.3. The fourth-order valence-corrected chi connectivity index (χ4v) is 2.64. The molecule has 0 fully saturated rings. The summed E-state index contributed by atoms with van der Waals surface area (Å²) in [5.74, 6) is 0.640. The Labute approximate surface area is 149 Å². The van der Waals surface area contributed by atoms with Gasteiger partial charge in [-0.15, -0.1) is 0 Å². The number of amides is 1. The number of hydrogen-bond donors (Lipinski definition) is 1. The lowest BCUT2D eigenvalue weighted by atomic mass is 10.1. The third kappa shape index (κ3) is 3.41. The number of nitrogens with zero attached hydrogens (tertiary/aromatic N) is 3. The summed E-state index contributed by atoms with van der Waals surface area (Å²) in [6.45, 7) is 1.03. The molecule has 1 amide bonds. The van der Waals surface area contributed by atoms with Gasteiger partial charge in [-0.1, -0.05) is 29.4 Å². The first kappa shape index (κ1) is 15.9. The van der Waals surface area contributed by atoms with Crippen LogP contribution in [-0.4, -0.2) is 20.8 Å². The van der Waals surface area contributed by atoms with Crippen LogP contribution in [0.4, 0.5) is 0 Å². The molecule has 0 radical (unpaired) electrons. The molecule has 0 aliphatic carbocycles. The Kier molecular flexibility index (Phi) is 4.34. The molecule has 3 aromatic heterocycles. The quantitative estimate of drug-likeness (QED) is 0.578. The van der Waals surface area contributed by atoms with Crippen molar-refractivity contribution in [2.24, 2.45) is 0 Å². The first-order valence-corrected chi connectivity index (χ1v) is 8.12. The Hall–Kier alpha value is -3.61. The Morgan fingerprint density at radius 2 is 1.96 bits per heavy atom. The van der Waals surface area contributed by atoms with E-state index in [0.29, 0.717) is 24.6 Å². The number of carbonyl (C=O) groups excluding carboxylic acids is 1. The Morgan fingerprint density at radius 1 is 1.08 bits per heavy atom. The number of benzene rings is 1. The van der Waals surface area contributed by atoms with E-state index in [2.05, 4.69) is 15.6 Å². The number of hydrogen-bond acceptors (Lipinski definition) is 5. The van der Waals surface area contributed by atoms with E-state index in [1.54, 1.807) is 24.4 Å². The van der Waals surface area contributed by atoms with Gasteiger partial charge in [-0.3, -0.25) is 9.48 Å². The van der Waals surface area contributed by atoms with Crippen molar-refractivity contribution in [3.8, 4) is 11.5 Å². The zero-order valence-electron chi connectivity index (χ0n) is 13.8. The molecule has 1 aromatic carbocycles. The van der Waals surface area contributed by atoms with Crippen LogP contribution in [0.15, 0.2) is 76.1 Å². The molecular formula is C19H16N4O3. The molecular weight excluding hydrogens is 332 g/mol. The number of nitrogens with one attached hydrogen (secondary N) is 1. The molecule has 1 N–H and O–H groups in total. The Bertz CT molecular complexity index is 988. The normalized spacial score (nSPS) is 10.8. The molecule has 7 heteroatoms. The lowest BCUT2D eigenvalue weighted by molar-refractivity contribution is 0.0942. The van der Waals surface area contributed by atoms with Gasteiger partial charge in [0.2, 0.25) is 5.76 Å². The smallest absolute Gasteiger partial charge is 0.273 e. The standard InChI is InChI=1S/C19H16N4O3/c24-19(16-11-18(26-22-16)17-7-3-10-25-17)20-12-14-5-1-2-6-15(14)13-23-9-4-8-21-23/h1-11H,12-13H2,(H,20,24). The van der Waals surface area contributed by atoms with Crippen molar-refractivity contribution in [2.45, 2.75) is 13.1 Å². The maximum Gasteiger partial charge on any atom is 0.273 e. The van der Waals surface area contributed by atoms with Gasteiger partial charge in [0.05, 0.1) is 12.8 Å². The van der Waals surface area contributed by atoms with Gasteiger partial charge in [-0.2, -0.15) is 5.10 Å². The van der Waals surface area contributed by atoms with Crippen LogP contribution < -0.4 is 5.32 Å². The van der Waals surface area contributed by atoms with Crippen molar-refractivity contribution in [3.05, 3.63) is 84.0 Å². The summed E-state index contributed by atoms with van der Waals surface area (Å²) in [7, 11) is 0. The second-order valence-electron chi connectivity index (χ2n) is 5.71. The molecule has 0 aliphatic heterocycles. The monoisotopic (exact) mass is 348 g/mol. The highest BCUT2D eigenvalue weighted by molar-refractivity contribution is 5.92. The molecule has 3 heterocycles. The molecule has 0 saturated carbocycles. The van der Waals surface area contributed by atoms with E-state index < -0.39 is 0 Å². The van der Waals surface area contributed by atoms with Crippen molar-refractivity contribution in [1.29, 1.82) is 0 Å². The zero-order valence-corrected chi connectivity index (χ0v) is 13.8. The van der Waals surface area contributed by atoms with Crippen LogP contribution in [0.5, 0.6) is 0 Å². The van der Waals surface area contributed by atoms with Gasteiger partial charge >= 0.3 is 0 Å². The lowest BCUT2D eigenvalue weighted by Gasteiger charge is -2.10. The fourth-order valence-electron chi connectivity index (χ4n) is 2.64.